The molecule has 0 saturated heterocycles. The molecule has 0 fully saturated rings. The molecular formula is C16H16N2O2. The monoisotopic (exact) mass is 268 g/mol. The molecule has 102 valence electrons. The van der Waals surface area contributed by atoms with Gasteiger partial charge in [-0.1, -0.05) is 31.2 Å². The molecule has 0 radical (unpaired) electrons. The molecule has 1 heterocycles. The summed E-state index contributed by atoms with van der Waals surface area (Å²) < 4.78 is 0. The third kappa shape index (κ3) is 1.90. The minimum absolute atomic E-state index is 0.540. The van der Waals surface area contributed by atoms with E-state index in [1.165, 1.54) is 0 Å². The minimum Gasteiger partial charge on any atom is -0.480 e. The summed E-state index contributed by atoms with van der Waals surface area (Å²) in [6, 6.07) is 15.0. The SMILES string of the molecule is CCC(C(=O)O)N1c2ccccc2Nc2ccccc21. The molecule has 1 unspecified atom stereocenters. The Morgan fingerprint density at radius 3 is 2.05 bits per heavy atom. The number of carboxylic acids is 1. The topological polar surface area (TPSA) is 52.6 Å². The summed E-state index contributed by atoms with van der Waals surface area (Å²) in [4.78, 5) is 13.5. The average Bonchev–Trinajstić information content (AvgIpc) is 2.47. The lowest BCUT2D eigenvalue weighted by Gasteiger charge is -2.37. The fourth-order valence-corrected chi connectivity index (χ4v) is 2.66. The van der Waals surface area contributed by atoms with Crippen LogP contribution in [0, 0.1) is 0 Å². The first-order chi connectivity index (χ1) is 9.72. The molecule has 2 aromatic rings. The van der Waals surface area contributed by atoms with E-state index in [-0.39, 0.29) is 0 Å². The number of benzene rings is 2. The Kier molecular flexibility index (Phi) is 3.06. The highest BCUT2D eigenvalue weighted by Crippen LogP contribution is 2.44. The average molecular weight is 268 g/mol. The van der Waals surface area contributed by atoms with E-state index in [0.717, 1.165) is 22.7 Å². The quantitative estimate of drug-likeness (QED) is 0.890. The van der Waals surface area contributed by atoms with Gasteiger partial charge in [0.15, 0.2) is 0 Å². The molecule has 4 heteroatoms. The molecule has 2 aromatic carbocycles. The fourth-order valence-electron chi connectivity index (χ4n) is 2.66. The second-order valence-electron chi connectivity index (χ2n) is 4.79. The van der Waals surface area contributed by atoms with Gasteiger partial charge in [-0.2, -0.15) is 0 Å². The Morgan fingerprint density at radius 2 is 1.60 bits per heavy atom. The first kappa shape index (κ1) is 12.5. The van der Waals surface area contributed by atoms with Crippen molar-refractivity contribution in [2.75, 3.05) is 10.2 Å². The van der Waals surface area contributed by atoms with Gasteiger partial charge in [-0.25, -0.2) is 4.79 Å². The van der Waals surface area contributed by atoms with Crippen LogP contribution in [0.15, 0.2) is 48.5 Å². The van der Waals surface area contributed by atoms with E-state index in [1.807, 2.05) is 60.4 Å². The zero-order valence-electron chi connectivity index (χ0n) is 11.2. The largest absolute Gasteiger partial charge is 0.480 e. The number of anilines is 4. The van der Waals surface area contributed by atoms with Gasteiger partial charge in [-0.3, -0.25) is 0 Å². The van der Waals surface area contributed by atoms with E-state index in [9.17, 15) is 9.90 Å². The number of hydrogen-bond acceptors (Lipinski definition) is 3. The number of nitrogens with one attached hydrogen (secondary N) is 1. The lowest BCUT2D eigenvalue weighted by Crippen LogP contribution is -2.39. The lowest BCUT2D eigenvalue weighted by molar-refractivity contribution is -0.138. The first-order valence-corrected chi connectivity index (χ1v) is 6.69. The van der Waals surface area contributed by atoms with Crippen molar-refractivity contribution in [2.45, 2.75) is 19.4 Å². The molecule has 0 spiro atoms. The Bertz CT molecular complexity index is 609. The number of fused-ring (bicyclic) bond motifs is 2. The van der Waals surface area contributed by atoms with Crippen LogP contribution in [0.3, 0.4) is 0 Å². The van der Waals surface area contributed by atoms with Gasteiger partial charge in [-0.15, -0.1) is 0 Å². The van der Waals surface area contributed by atoms with Gasteiger partial charge in [0.2, 0.25) is 0 Å². The number of nitrogens with zero attached hydrogens (tertiary/aromatic N) is 1. The van der Waals surface area contributed by atoms with E-state index in [4.69, 9.17) is 0 Å². The summed E-state index contributed by atoms with van der Waals surface area (Å²) in [7, 11) is 0. The molecule has 4 nitrogen and oxygen atoms in total. The van der Waals surface area contributed by atoms with Crippen LogP contribution in [0.25, 0.3) is 0 Å². The molecule has 3 rings (SSSR count). The number of aliphatic carboxylic acids is 1. The second-order valence-corrected chi connectivity index (χ2v) is 4.79. The molecule has 0 bridgehead atoms. The van der Waals surface area contributed by atoms with Gasteiger partial charge >= 0.3 is 5.97 Å². The normalized spacial score (nSPS) is 13.9. The molecule has 0 amide bonds. The van der Waals surface area contributed by atoms with Crippen LogP contribution in [0.2, 0.25) is 0 Å². The summed E-state index contributed by atoms with van der Waals surface area (Å²) in [5, 5.41) is 12.9. The zero-order valence-corrected chi connectivity index (χ0v) is 11.2. The van der Waals surface area contributed by atoms with Crippen LogP contribution >= 0.6 is 0 Å². The zero-order chi connectivity index (χ0) is 14.1. The molecule has 0 aromatic heterocycles. The second kappa shape index (κ2) is 4.89. The predicted octanol–water partition coefficient (Wildman–Crippen LogP) is 3.74. The van der Waals surface area contributed by atoms with Crippen molar-refractivity contribution in [1.82, 2.24) is 0 Å². The molecule has 0 aliphatic carbocycles. The smallest absolute Gasteiger partial charge is 0.326 e. The molecule has 20 heavy (non-hydrogen) atoms. The van der Waals surface area contributed by atoms with Gasteiger partial charge in [0, 0.05) is 0 Å². The van der Waals surface area contributed by atoms with Crippen LogP contribution in [-0.4, -0.2) is 17.1 Å². The molecule has 1 aliphatic heterocycles. The Hall–Kier alpha value is -2.49. The first-order valence-electron chi connectivity index (χ1n) is 6.69. The van der Waals surface area contributed by atoms with Crippen LogP contribution in [0.5, 0.6) is 0 Å². The number of hydrogen-bond donors (Lipinski definition) is 2. The van der Waals surface area contributed by atoms with Crippen LogP contribution < -0.4 is 10.2 Å². The highest BCUT2D eigenvalue weighted by Gasteiger charge is 2.31. The van der Waals surface area contributed by atoms with Crippen LogP contribution in [0.1, 0.15) is 13.3 Å². The summed E-state index contributed by atoms with van der Waals surface area (Å²) in [6.45, 7) is 1.89. The summed E-state index contributed by atoms with van der Waals surface area (Å²) >= 11 is 0. The van der Waals surface area contributed by atoms with E-state index >= 15 is 0 Å². The molecule has 2 N–H and O–H groups in total. The van der Waals surface area contributed by atoms with Crippen molar-refractivity contribution < 1.29 is 9.90 Å². The van der Waals surface area contributed by atoms with Crippen molar-refractivity contribution in [3.63, 3.8) is 0 Å². The van der Waals surface area contributed by atoms with Crippen molar-refractivity contribution in [1.29, 1.82) is 0 Å². The molecular weight excluding hydrogens is 252 g/mol. The maximum absolute atomic E-state index is 11.6. The van der Waals surface area contributed by atoms with Gasteiger partial charge in [-0.05, 0) is 30.7 Å². The van der Waals surface area contributed by atoms with E-state index in [2.05, 4.69) is 5.32 Å². The lowest BCUT2D eigenvalue weighted by atomic mass is 10.0. The van der Waals surface area contributed by atoms with E-state index in [1.54, 1.807) is 0 Å². The number of rotatable bonds is 3. The Labute approximate surface area is 117 Å². The number of carbonyl (C=O) groups is 1. The van der Waals surface area contributed by atoms with E-state index in [0.29, 0.717) is 6.42 Å². The molecule has 1 atom stereocenters. The number of carboxylic acid groups (broad SMARTS) is 1. The van der Waals surface area contributed by atoms with Crippen molar-refractivity contribution in [3.05, 3.63) is 48.5 Å². The van der Waals surface area contributed by atoms with Crippen molar-refractivity contribution >= 4 is 28.7 Å². The summed E-state index contributed by atoms with van der Waals surface area (Å²) in [5.41, 5.74) is 3.68. The van der Waals surface area contributed by atoms with Gasteiger partial charge in [0.05, 0.1) is 22.7 Å². The summed E-state index contributed by atoms with van der Waals surface area (Å²) in [5.74, 6) is -0.806. The minimum atomic E-state index is -0.806. The third-order valence-corrected chi connectivity index (χ3v) is 3.58. The fraction of sp³-hybridized carbons (Fsp3) is 0.188. The highest BCUT2D eigenvalue weighted by atomic mass is 16.4. The number of para-hydroxylation sites is 4. The van der Waals surface area contributed by atoms with Crippen LogP contribution in [-0.2, 0) is 4.79 Å². The summed E-state index contributed by atoms with van der Waals surface area (Å²) in [6.07, 6.45) is 0.540. The maximum atomic E-state index is 11.6. The van der Waals surface area contributed by atoms with Gasteiger partial charge < -0.3 is 15.3 Å². The Balaban J connectivity index is 2.19. The Morgan fingerprint density at radius 1 is 1.10 bits per heavy atom. The maximum Gasteiger partial charge on any atom is 0.326 e. The van der Waals surface area contributed by atoms with E-state index < -0.39 is 12.0 Å². The molecule has 0 saturated carbocycles. The van der Waals surface area contributed by atoms with Gasteiger partial charge in [0.25, 0.3) is 0 Å². The predicted molar refractivity (Wildman–Crippen MR) is 80.0 cm³/mol. The van der Waals surface area contributed by atoms with Gasteiger partial charge in [0.1, 0.15) is 6.04 Å². The third-order valence-electron chi connectivity index (χ3n) is 3.58. The highest BCUT2D eigenvalue weighted by molar-refractivity contribution is 5.95. The van der Waals surface area contributed by atoms with Crippen molar-refractivity contribution in [3.8, 4) is 0 Å². The standard InChI is InChI=1S/C16H16N2O2/c1-2-13(16(19)20)18-14-9-5-3-7-11(14)17-12-8-4-6-10-15(12)18/h3-10,13,17H,2H2,1H3,(H,19,20). The van der Waals surface area contributed by atoms with Crippen molar-refractivity contribution in [2.24, 2.45) is 0 Å². The molecule has 1 aliphatic rings. The van der Waals surface area contributed by atoms with Crippen LogP contribution in [0.4, 0.5) is 22.7 Å².